The molecule has 2 aliphatic rings. The van der Waals surface area contributed by atoms with E-state index in [1.807, 2.05) is 0 Å². The van der Waals surface area contributed by atoms with Gasteiger partial charge in [0.25, 0.3) is 12.0 Å². The first-order valence-electron chi connectivity index (χ1n) is 12.2. The zero-order valence-electron chi connectivity index (χ0n) is 21.1. The lowest BCUT2D eigenvalue weighted by molar-refractivity contribution is 0.141. The summed E-state index contributed by atoms with van der Waals surface area (Å²) < 4.78 is 87.2. The average Bonchev–Trinajstić information content (AvgIpc) is 3.66. The molecule has 2 aromatic carbocycles. The van der Waals surface area contributed by atoms with Gasteiger partial charge in [-0.1, -0.05) is 23.2 Å². The number of nitrogens with zero attached hydrogens (tertiary/aromatic N) is 3. The van der Waals surface area contributed by atoms with E-state index >= 15 is 0 Å². The van der Waals surface area contributed by atoms with Crippen molar-refractivity contribution >= 4 is 43.2 Å². The molecule has 2 fully saturated rings. The van der Waals surface area contributed by atoms with E-state index in [0.29, 0.717) is 17.5 Å². The van der Waals surface area contributed by atoms with Crippen LogP contribution < -0.4 is 20.7 Å². The number of ether oxygens (including phenoxy) is 1. The number of benzene rings is 2. The number of rotatable bonds is 9. The molecule has 1 atom stereocenters. The van der Waals surface area contributed by atoms with Crippen LogP contribution in [0, 0.1) is 0 Å². The number of aromatic hydroxyl groups is 1. The highest BCUT2D eigenvalue weighted by Gasteiger charge is 2.43. The molecule has 0 bridgehead atoms. The van der Waals surface area contributed by atoms with Crippen molar-refractivity contribution in [1.82, 2.24) is 23.8 Å². The lowest BCUT2D eigenvalue weighted by atomic mass is 10.3. The first-order chi connectivity index (χ1) is 19.7. The van der Waals surface area contributed by atoms with Crippen LogP contribution in [0.25, 0.3) is 5.69 Å². The van der Waals surface area contributed by atoms with Gasteiger partial charge >= 0.3 is 5.69 Å². The Balaban J connectivity index is 1.38. The molecule has 3 N–H and O–H groups in total. The molecule has 0 radical (unpaired) electrons. The largest absolute Gasteiger partial charge is 0.507 e. The maximum Gasteiger partial charge on any atom is 0.349 e. The quantitative estimate of drug-likeness (QED) is 0.309. The Hall–Kier alpha value is -3.09. The van der Waals surface area contributed by atoms with Gasteiger partial charge in [0.2, 0.25) is 20.0 Å². The Kier molecular flexibility index (Phi) is 8.10. The molecule has 0 spiro atoms. The normalized spacial score (nSPS) is 18.1. The monoisotopic (exact) mass is 667 g/mol. The number of alkyl halides is 2. The molecule has 0 amide bonds. The van der Waals surface area contributed by atoms with Crippen LogP contribution in [0.2, 0.25) is 10.0 Å². The molecule has 5 rings (SSSR count). The Morgan fingerprint density at radius 3 is 2.36 bits per heavy atom. The second kappa shape index (κ2) is 11.2. The standard InChI is InChI=1S/C23H21Cl2F2N5O8S2/c24-15-7-12(32-23(35)28-22(34)19(29-32)21(26)27)8-16(25)20(15)40-13-1-4-17(33)18(9-13)41(36,37)30-11-5-6-31(10-11)42(38,39)14-2-3-14/h1,4,7-9,11,14,21,30,33H,2-3,5-6,10H2,(H,28,34,35). The molecule has 1 aromatic heterocycles. The van der Waals surface area contributed by atoms with E-state index in [2.05, 4.69) is 9.82 Å². The SMILES string of the molecule is O=c1[nH]c(=O)n(-c2cc(Cl)c(Oc3ccc(O)c(S(=O)(=O)NC4CCN(S(=O)(=O)C5CC5)C4)c3)c(Cl)c2)nc1C(F)F. The minimum atomic E-state index is -4.35. The maximum absolute atomic E-state index is 13.1. The first kappa shape index (κ1) is 30.4. The minimum Gasteiger partial charge on any atom is -0.507 e. The van der Waals surface area contributed by atoms with Crippen molar-refractivity contribution in [2.24, 2.45) is 0 Å². The highest BCUT2D eigenvalue weighted by molar-refractivity contribution is 7.90. The number of nitrogens with one attached hydrogen (secondary N) is 2. The van der Waals surface area contributed by atoms with Gasteiger partial charge in [0.1, 0.15) is 16.4 Å². The van der Waals surface area contributed by atoms with Crippen LogP contribution in [-0.4, -0.2) is 65.4 Å². The third-order valence-corrected chi connectivity index (χ3v) is 11.0. The zero-order valence-corrected chi connectivity index (χ0v) is 24.3. The molecular formula is C23H21Cl2F2N5O8S2. The summed E-state index contributed by atoms with van der Waals surface area (Å²) in [6.07, 6.45) is -1.87. The summed E-state index contributed by atoms with van der Waals surface area (Å²) in [6.45, 7) is 0.122. The maximum atomic E-state index is 13.1. The number of H-pyrrole nitrogens is 1. The van der Waals surface area contributed by atoms with E-state index in [-0.39, 0.29) is 46.7 Å². The van der Waals surface area contributed by atoms with E-state index in [1.165, 1.54) is 10.4 Å². The lowest BCUT2D eigenvalue weighted by Crippen LogP contribution is -2.39. The molecule has 13 nitrogen and oxygen atoms in total. The third-order valence-electron chi connectivity index (χ3n) is 6.51. The van der Waals surface area contributed by atoms with Crippen molar-refractivity contribution in [3.05, 3.63) is 66.9 Å². The van der Waals surface area contributed by atoms with Crippen molar-refractivity contribution < 1.29 is 35.5 Å². The van der Waals surface area contributed by atoms with Crippen LogP contribution in [0.15, 0.2) is 44.8 Å². The van der Waals surface area contributed by atoms with E-state index in [9.17, 15) is 40.3 Å². The van der Waals surface area contributed by atoms with Crippen molar-refractivity contribution in [3.63, 3.8) is 0 Å². The second-order valence-electron chi connectivity index (χ2n) is 9.54. The molecule has 1 unspecified atom stereocenters. The predicted molar refractivity (Wildman–Crippen MR) is 146 cm³/mol. The van der Waals surface area contributed by atoms with Gasteiger partial charge in [-0.05, 0) is 43.5 Å². The third kappa shape index (κ3) is 6.02. The smallest absolute Gasteiger partial charge is 0.349 e. The number of hydrogen-bond donors (Lipinski definition) is 3. The molecular weight excluding hydrogens is 647 g/mol. The number of phenols is 1. The van der Waals surface area contributed by atoms with Gasteiger partial charge in [-0.2, -0.15) is 9.78 Å². The summed E-state index contributed by atoms with van der Waals surface area (Å²) in [5.41, 5.74) is -3.89. The van der Waals surface area contributed by atoms with E-state index in [1.54, 1.807) is 4.98 Å². The van der Waals surface area contributed by atoms with Crippen molar-refractivity contribution in [1.29, 1.82) is 0 Å². The highest BCUT2D eigenvalue weighted by Crippen LogP contribution is 2.40. The Bertz CT molecular complexity index is 1880. The second-order valence-corrected chi connectivity index (χ2v) is 14.2. The number of halogens is 4. The Labute approximate surface area is 246 Å². The van der Waals surface area contributed by atoms with Crippen LogP contribution in [0.5, 0.6) is 17.2 Å². The predicted octanol–water partition coefficient (Wildman–Crippen LogP) is 2.51. The molecule has 1 saturated heterocycles. The summed E-state index contributed by atoms with van der Waals surface area (Å²) in [5.74, 6) is -0.957. The topological polar surface area (TPSA) is 181 Å². The zero-order chi connectivity index (χ0) is 30.6. The van der Waals surface area contributed by atoms with Crippen LogP contribution >= 0.6 is 23.2 Å². The first-order valence-corrected chi connectivity index (χ1v) is 15.9. The molecule has 3 aromatic rings. The summed E-state index contributed by atoms with van der Waals surface area (Å²) in [7, 11) is -7.82. The van der Waals surface area contributed by atoms with E-state index < -0.39 is 65.4 Å². The summed E-state index contributed by atoms with van der Waals surface area (Å²) >= 11 is 12.5. The summed E-state index contributed by atoms with van der Waals surface area (Å²) in [6, 6.07) is 4.72. The molecule has 42 heavy (non-hydrogen) atoms. The summed E-state index contributed by atoms with van der Waals surface area (Å²) in [4.78, 5) is 24.9. The highest BCUT2D eigenvalue weighted by atomic mass is 35.5. The van der Waals surface area contributed by atoms with Gasteiger partial charge in [0.05, 0.1) is 21.0 Å². The average molecular weight is 668 g/mol. The fourth-order valence-corrected chi connectivity index (χ4v) is 8.13. The molecule has 1 saturated carbocycles. The summed E-state index contributed by atoms with van der Waals surface area (Å²) in [5, 5.41) is 12.8. The molecule has 1 aliphatic heterocycles. The molecule has 2 heterocycles. The van der Waals surface area contributed by atoms with Gasteiger partial charge in [0, 0.05) is 25.2 Å². The Morgan fingerprint density at radius 2 is 1.74 bits per heavy atom. The van der Waals surface area contributed by atoms with Crippen molar-refractivity contribution in [2.45, 2.75) is 41.9 Å². The lowest BCUT2D eigenvalue weighted by Gasteiger charge is -2.17. The minimum absolute atomic E-state index is 0.0430. The van der Waals surface area contributed by atoms with Crippen molar-refractivity contribution in [3.8, 4) is 22.9 Å². The molecule has 1 aliphatic carbocycles. The van der Waals surface area contributed by atoms with Crippen LogP contribution in [-0.2, 0) is 20.0 Å². The van der Waals surface area contributed by atoms with E-state index in [0.717, 1.165) is 24.3 Å². The Morgan fingerprint density at radius 1 is 1.07 bits per heavy atom. The van der Waals surface area contributed by atoms with Gasteiger partial charge in [-0.15, -0.1) is 0 Å². The number of aromatic nitrogens is 3. The van der Waals surface area contributed by atoms with Gasteiger partial charge in [0.15, 0.2) is 11.4 Å². The molecule has 19 heteroatoms. The number of sulfonamides is 2. The van der Waals surface area contributed by atoms with E-state index in [4.69, 9.17) is 27.9 Å². The van der Waals surface area contributed by atoms with Crippen molar-refractivity contribution in [2.75, 3.05) is 13.1 Å². The van der Waals surface area contributed by atoms with Gasteiger partial charge in [-0.3, -0.25) is 9.78 Å². The number of hydrogen-bond acceptors (Lipinski definition) is 9. The number of phenolic OH excluding ortho intramolecular Hbond substituents is 1. The van der Waals surface area contributed by atoms with Crippen LogP contribution in [0.3, 0.4) is 0 Å². The van der Waals surface area contributed by atoms with Gasteiger partial charge in [-0.25, -0.2) is 39.4 Å². The van der Waals surface area contributed by atoms with Crippen LogP contribution in [0.4, 0.5) is 8.78 Å². The van der Waals surface area contributed by atoms with Gasteiger partial charge < -0.3 is 9.84 Å². The van der Waals surface area contributed by atoms with Crippen LogP contribution in [0.1, 0.15) is 31.4 Å². The fraction of sp³-hybridized carbons (Fsp3) is 0.348. The fourth-order valence-electron chi connectivity index (χ4n) is 4.30. The molecule has 226 valence electrons. The number of aromatic amines is 1.